The Bertz CT molecular complexity index is 377. The maximum Gasteiger partial charge on any atom is 0.224 e. The lowest BCUT2D eigenvalue weighted by atomic mass is 10.1. The Morgan fingerprint density at radius 1 is 1.39 bits per heavy atom. The molecule has 3 heteroatoms. The zero-order chi connectivity index (χ0) is 12.8. The van der Waals surface area contributed by atoms with Gasteiger partial charge < -0.3 is 9.64 Å². The maximum atomic E-state index is 12.1. The van der Waals surface area contributed by atoms with Crippen molar-refractivity contribution in [1.82, 2.24) is 4.90 Å². The Morgan fingerprint density at radius 2 is 2.17 bits per heavy atom. The van der Waals surface area contributed by atoms with Gasteiger partial charge in [-0.05, 0) is 18.4 Å². The van der Waals surface area contributed by atoms with Crippen LogP contribution in [0.4, 0.5) is 0 Å². The van der Waals surface area contributed by atoms with Gasteiger partial charge in [-0.3, -0.25) is 4.79 Å². The van der Waals surface area contributed by atoms with Crippen molar-refractivity contribution in [2.45, 2.75) is 38.6 Å². The first-order valence-corrected chi connectivity index (χ1v) is 6.72. The molecular weight excluding hydrogens is 226 g/mol. The average molecular weight is 247 g/mol. The van der Waals surface area contributed by atoms with E-state index in [1.807, 2.05) is 23.1 Å². The van der Waals surface area contributed by atoms with Crippen molar-refractivity contribution in [3.63, 3.8) is 0 Å². The van der Waals surface area contributed by atoms with Gasteiger partial charge in [0.25, 0.3) is 0 Å². The van der Waals surface area contributed by atoms with E-state index in [1.54, 1.807) is 0 Å². The predicted octanol–water partition coefficient (Wildman–Crippen LogP) is 2.60. The smallest absolute Gasteiger partial charge is 0.224 e. The van der Waals surface area contributed by atoms with Gasteiger partial charge in [-0.25, -0.2) is 0 Å². The summed E-state index contributed by atoms with van der Waals surface area (Å²) < 4.78 is 5.45. The zero-order valence-electron chi connectivity index (χ0n) is 11.0. The highest BCUT2D eigenvalue weighted by atomic mass is 16.5. The number of rotatable bonds is 5. The summed E-state index contributed by atoms with van der Waals surface area (Å²) in [6.45, 7) is 3.22. The summed E-state index contributed by atoms with van der Waals surface area (Å²) in [4.78, 5) is 13.9. The van der Waals surface area contributed by atoms with Crippen molar-refractivity contribution in [3.8, 4) is 0 Å². The molecule has 1 aliphatic rings. The van der Waals surface area contributed by atoms with Gasteiger partial charge in [0.05, 0.1) is 12.6 Å². The molecule has 1 fully saturated rings. The summed E-state index contributed by atoms with van der Waals surface area (Å²) >= 11 is 0. The number of benzene rings is 1. The third-order valence-electron chi connectivity index (χ3n) is 3.36. The average Bonchev–Trinajstić information content (AvgIpc) is 2.85. The summed E-state index contributed by atoms with van der Waals surface area (Å²) in [5.74, 6) is 0.232. The van der Waals surface area contributed by atoms with Gasteiger partial charge in [-0.1, -0.05) is 43.7 Å². The van der Waals surface area contributed by atoms with Crippen molar-refractivity contribution in [1.29, 1.82) is 0 Å². The van der Waals surface area contributed by atoms with Crippen LogP contribution in [0.2, 0.25) is 0 Å². The van der Waals surface area contributed by atoms with Crippen LogP contribution in [0.1, 0.15) is 31.7 Å². The van der Waals surface area contributed by atoms with Gasteiger partial charge in [0.15, 0.2) is 0 Å². The van der Waals surface area contributed by atoms with E-state index in [4.69, 9.17) is 4.74 Å². The highest BCUT2D eigenvalue weighted by Crippen LogP contribution is 2.17. The molecule has 1 aliphatic heterocycles. The van der Waals surface area contributed by atoms with Crippen molar-refractivity contribution in [3.05, 3.63) is 35.9 Å². The second kappa shape index (κ2) is 6.55. The molecule has 2 rings (SSSR count). The van der Waals surface area contributed by atoms with Crippen LogP contribution >= 0.6 is 0 Å². The van der Waals surface area contributed by atoms with Crippen LogP contribution in [0.15, 0.2) is 30.3 Å². The maximum absolute atomic E-state index is 12.1. The number of ether oxygens (including phenoxy) is 1. The normalized spacial score (nSPS) is 19.2. The quantitative estimate of drug-likeness (QED) is 0.800. The fourth-order valence-corrected chi connectivity index (χ4v) is 2.29. The van der Waals surface area contributed by atoms with Crippen LogP contribution in [0.3, 0.4) is 0 Å². The molecule has 1 atom stereocenters. The van der Waals surface area contributed by atoms with E-state index in [0.717, 1.165) is 19.3 Å². The lowest BCUT2D eigenvalue weighted by Crippen LogP contribution is -2.37. The van der Waals surface area contributed by atoms with E-state index >= 15 is 0 Å². The largest absolute Gasteiger partial charge is 0.359 e. The number of unbranched alkanes of at least 4 members (excludes halogenated alkanes) is 1. The van der Waals surface area contributed by atoms with Gasteiger partial charge in [0.2, 0.25) is 5.91 Å². The van der Waals surface area contributed by atoms with Crippen LogP contribution in [0.25, 0.3) is 0 Å². The van der Waals surface area contributed by atoms with E-state index in [1.165, 1.54) is 5.56 Å². The highest BCUT2D eigenvalue weighted by Gasteiger charge is 2.28. The molecule has 1 heterocycles. The van der Waals surface area contributed by atoms with Crippen molar-refractivity contribution in [2.75, 3.05) is 13.3 Å². The minimum atomic E-state index is 0.205. The molecular formula is C15H21NO2. The van der Waals surface area contributed by atoms with Gasteiger partial charge in [-0.15, -0.1) is 0 Å². The van der Waals surface area contributed by atoms with Crippen LogP contribution in [0, 0.1) is 0 Å². The molecule has 0 unspecified atom stereocenters. The topological polar surface area (TPSA) is 29.5 Å². The van der Waals surface area contributed by atoms with Crippen LogP contribution in [-0.4, -0.2) is 30.2 Å². The molecule has 0 aliphatic carbocycles. The molecule has 3 nitrogen and oxygen atoms in total. The molecule has 98 valence electrons. The van der Waals surface area contributed by atoms with Crippen LogP contribution < -0.4 is 0 Å². The summed E-state index contributed by atoms with van der Waals surface area (Å²) in [5, 5.41) is 0. The monoisotopic (exact) mass is 247 g/mol. The number of carbonyl (C=O) groups excluding carboxylic acids is 1. The van der Waals surface area contributed by atoms with E-state index in [-0.39, 0.29) is 11.9 Å². The van der Waals surface area contributed by atoms with Gasteiger partial charge >= 0.3 is 0 Å². The third-order valence-corrected chi connectivity index (χ3v) is 3.36. The number of carbonyl (C=O) groups is 1. The molecule has 1 saturated heterocycles. The first-order chi connectivity index (χ1) is 8.81. The second-order valence-electron chi connectivity index (χ2n) is 4.81. The Kier molecular flexibility index (Phi) is 4.76. The Labute approximate surface area is 109 Å². The summed E-state index contributed by atoms with van der Waals surface area (Å²) in [7, 11) is 0. The SMILES string of the molecule is CCCCC(=O)N1COC[C@@H]1Cc1ccccc1. The predicted molar refractivity (Wildman–Crippen MR) is 71.1 cm³/mol. The molecule has 0 aromatic heterocycles. The Hall–Kier alpha value is -1.35. The first kappa shape index (κ1) is 13.1. The molecule has 0 bridgehead atoms. The molecule has 0 N–H and O–H groups in total. The van der Waals surface area contributed by atoms with Gasteiger partial charge in [-0.2, -0.15) is 0 Å². The molecule has 18 heavy (non-hydrogen) atoms. The van der Waals surface area contributed by atoms with E-state index < -0.39 is 0 Å². The van der Waals surface area contributed by atoms with Crippen molar-refractivity contribution >= 4 is 5.91 Å². The van der Waals surface area contributed by atoms with E-state index in [0.29, 0.717) is 19.8 Å². The minimum absolute atomic E-state index is 0.205. The Balaban J connectivity index is 1.93. The lowest BCUT2D eigenvalue weighted by Gasteiger charge is -2.22. The van der Waals surface area contributed by atoms with Crippen molar-refractivity contribution < 1.29 is 9.53 Å². The standard InChI is InChI=1S/C15H21NO2/c1-2-3-9-15(17)16-12-18-11-14(16)10-13-7-5-4-6-8-13/h4-8,14H,2-3,9-12H2,1H3/t14-/m0/s1. The summed E-state index contributed by atoms with van der Waals surface area (Å²) in [5.41, 5.74) is 1.27. The number of hydrogen-bond donors (Lipinski definition) is 0. The Morgan fingerprint density at radius 3 is 2.89 bits per heavy atom. The molecule has 0 saturated carbocycles. The van der Waals surface area contributed by atoms with E-state index in [9.17, 15) is 4.79 Å². The summed E-state index contributed by atoms with van der Waals surface area (Å²) in [6.07, 6.45) is 3.56. The molecule has 1 amide bonds. The van der Waals surface area contributed by atoms with Crippen molar-refractivity contribution in [2.24, 2.45) is 0 Å². The van der Waals surface area contributed by atoms with Crippen LogP contribution in [0.5, 0.6) is 0 Å². The van der Waals surface area contributed by atoms with Crippen LogP contribution in [-0.2, 0) is 16.0 Å². The molecule has 1 aromatic carbocycles. The first-order valence-electron chi connectivity index (χ1n) is 6.72. The molecule has 1 aromatic rings. The number of amides is 1. The van der Waals surface area contributed by atoms with E-state index in [2.05, 4.69) is 19.1 Å². The second-order valence-corrected chi connectivity index (χ2v) is 4.81. The summed E-state index contributed by atoms with van der Waals surface area (Å²) in [6, 6.07) is 10.5. The fourth-order valence-electron chi connectivity index (χ4n) is 2.29. The van der Waals surface area contributed by atoms with Gasteiger partial charge in [0.1, 0.15) is 6.73 Å². The number of nitrogens with zero attached hydrogens (tertiary/aromatic N) is 1. The molecule has 0 spiro atoms. The highest BCUT2D eigenvalue weighted by molar-refractivity contribution is 5.76. The fraction of sp³-hybridized carbons (Fsp3) is 0.533. The lowest BCUT2D eigenvalue weighted by molar-refractivity contribution is -0.133. The third kappa shape index (κ3) is 3.33. The number of hydrogen-bond acceptors (Lipinski definition) is 2. The zero-order valence-corrected chi connectivity index (χ0v) is 11.0. The minimum Gasteiger partial charge on any atom is -0.359 e. The van der Waals surface area contributed by atoms with Gasteiger partial charge in [0, 0.05) is 6.42 Å². The molecule has 0 radical (unpaired) electrons.